The van der Waals surface area contributed by atoms with Crippen LogP contribution in [0.15, 0.2) is 24.8 Å². The predicted molar refractivity (Wildman–Crippen MR) is 90.2 cm³/mol. The molecule has 10 heteroatoms. The van der Waals surface area contributed by atoms with Crippen LogP contribution in [0.5, 0.6) is 0 Å². The van der Waals surface area contributed by atoms with E-state index in [1.807, 2.05) is 0 Å². The van der Waals surface area contributed by atoms with Crippen LogP contribution in [0.4, 0.5) is 15.8 Å². The molecule has 24 heavy (non-hydrogen) atoms. The van der Waals surface area contributed by atoms with Gasteiger partial charge in [-0.05, 0) is 18.9 Å². The highest BCUT2D eigenvalue weighted by Gasteiger charge is 2.40. The minimum absolute atomic E-state index is 0.00559. The van der Waals surface area contributed by atoms with E-state index in [-0.39, 0.29) is 42.5 Å². The summed E-state index contributed by atoms with van der Waals surface area (Å²) in [4.78, 5) is 10.7. The van der Waals surface area contributed by atoms with Gasteiger partial charge in [0.15, 0.2) is 0 Å². The van der Waals surface area contributed by atoms with E-state index in [9.17, 15) is 22.9 Å². The third-order valence-corrected chi connectivity index (χ3v) is 5.69. The average Bonchev–Trinajstić information content (AvgIpc) is 2.50. The number of anilines is 1. The van der Waals surface area contributed by atoms with Gasteiger partial charge < -0.3 is 0 Å². The van der Waals surface area contributed by atoms with Crippen LogP contribution in [-0.4, -0.2) is 37.4 Å². The molecule has 1 heterocycles. The molecule has 0 N–H and O–H groups in total. The maximum absolute atomic E-state index is 12.8. The third kappa shape index (κ3) is 3.52. The normalized spacial score (nSPS) is 16.7. The summed E-state index contributed by atoms with van der Waals surface area (Å²) in [6.07, 6.45) is 1.95. The molecule has 132 valence electrons. The number of rotatable bonds is 7. The lowest BCUT2D eigenvalue weighted by Crippen LogP contribution is -2.48. The molecule has 1 aromatic rings. The molecule has 0 atom stereocenters. The van der Waals surface area contributed by atoms with Crippen molar-refractivity contribution in [2.24, 2.45) is 0 Å². The fraction of sp³-hybridized carbons (Fsp3) is 0.429. The van der Waals surface area contributed by atoms with Crippen molar-refractivity contribution in [3.05, 3.63) is 45.5 Å². The van der Waals surface area contributed by atoms with Crippen LogP contribution in [0.2, 0.25) is 5.02 Å². The summed E-state index contributed by atoms with van der Waals surface area (Å²) < 4.78 is 40.0. The molecule has 0 bridgehead atoms. The highest BCUT2D eigenvalue weighted by Crippen LogP contribution is 2.41. The Morgan fingerprint density at radius 3 is 2.71 bits per heavy atom. The van der Waals surface area contributed by atoms with Gasteiger partial charge >= 0.3 is 10.2 Å². The van der Waals surface area contributed by atoms with Crippen molar-refractivity contribution < 1.29 is 17.7 Å². The molecule has 1 aliphatic heterocycles. The zero-order valence-corrected chi connectivity index (χ0v) is 14.4. The van der Waals surface area contributed by atoms with Gasteiger partial charge in [0.2, 0.25) is 0 Å². The van der Waals surface area contributed by atoms with Crippen molar-refractivity contribution in [1.82, 2.24) is 4.31 Å². The number of alkyl halides is 1. The minimum Gasteiger partial charge on any atom is -0.258 e. The Labute approximate surface area is 144 Å². The maximum atomic E-state index is 12.8. The molecule has 0 aromatic heterocycles. The summed E-state index contributed by atoms with van der Waals surface area (Å²) in [7, 11) is -3.96. The Bertz CT molecular complexity index is 757. The second kappa shape index (κ2) is 7.45. The lowest BCUT2D eigenvalue weighted by atomic mass is 10.1. The van der Waals surface area contributed by atoms with E-state index in [0.717, 1.165) is 10.4 Å². The number of benzene rings is 1. The fourth-order valence-electron chi connectivity index (χ4n) is 2.59. The van der Waals surface area contributed by atoms with Gasteiger partial charge in [0, 0.05) is 29.7 Å². The molecule has 0 radical (unpaired) electrons. The SMILES string of the molecule is C=CCN1c2c(cc(Cl)cc2[N+](=O)[O-])CN(CCCCF)S1(=O)=O. The summed E-state index contributed by atoms with van der Waals surface area (Å²) >= 11 is 5.94. The first-order valence-electron chi connectivity index (χ1n) is 7.24. The van der Waals surface area contributed by atoms with Gasteiger partial charge in [-0.2, -0.15) is 12.7 Å². The molecule has 0 saturated carbocycles. The largest absolute Gasteiger partial charge is 0.304 e. The number of hydrogen-bond donors (Lipinski definition) is 0. The number of fused-ring (bicyclic) bond motifs is 1. The number of nitro benzene ring substituents is 1. The molecule has 0 aliphatic carbocycles. The number of nitro groups is 1. The molecule has 7 nitrogen and oxygen atoms in total. The summed E-state index contributed by atoms with van der Waals surface area (Å²) in [5, 5.41) is 11.5. The van der Waals surface area contributed by atoms with Gasteiger partial charge in [-0.25, -0.2) is 4.31 Å². The van der Waals surface area contributed by atoms with Crippen molar-refractivity contribution in [3.8, 4) is 0 Å². The molecular weight excluding hydrogens is 361 g/mol. The predicted octanol–water partition coefficient (Wildman–Crippen LogP) is 3.05. The molecule has 0 fully saturated rings. The third-order valence-electron chi connectivity index (χ3n) is 3.62. The lowest BCUT2D eigenvalue weighted by molar-refractivity contribution is -0.384. The summed E-state index contributed by atoms with van der Waals surface area (Å²) in [6.45, 7) is 2.95. The molecule has 0 saturated heterocycles. The zero-order chi connectivity index (χ0) is 17.9. The quantitative estimate of drug-likeness (QED) is 0.316. The van der Waals surface area contributed by atoms with Crippen molar-refractivity contribution in [2.45, 2.75) is 19.4 Å². The topological polar surface area (TPSA) is 83.8 Å². The second-order valence-corrected chi connectivity index (χ2v) is 7.54. The van der Waals surface area contributed by atoms with Crippen LogP contribution in [0, 0.1) is 10.1 Å². The lowest BCUT2D eigenvalue weighted by Gasteiger charge is -2.36. The van der Waals surface area contributed by atoms with Gasteiger partial charge in [0.25, 0.3) is 5.69 Å². The van der Waals surface area contributed by atoms with Crippen molar-refractivity contribution in [3.63, 3.8) is 0 Å². The molecule has 0 amide bonds. The monoisotopic (exact) mass is 377 g/mol. The number of unbranched alkanes of at least 4 members (excludes halogenated alkanes) is 1. The summed E-state index contributed by atoms with van der Waals surface area (Å²) in [6, 6.07) is 2.64. The van der Waals surface area contributed by atoms with Crippen LogP contribution in [-0.2, 0) is 16.8 Å². The maximum Gasteiger partial charge on any atom is 0.304 e. The number of hydrogen-bond acceptors (Lipinski definition) is 4. The Kier molecular flexibility index (Phi) is 5.79. The van der Waals surface area contributed by atoms with Gasteiger partial charge in [-0.3, -0.25) is 14.5 Å². The van der Waals surface area contributed by atoms with Gasteiger partial charge in [-0.15, -0.1) is 6.58 Å². The van der Waals surface area contributed by atoms with Crippen molar-refractivity contribution in [1.29, 1.82) is 0 Å². The second-order valence-electron chi connectivity index (χ2n) is 5.25. The molecule has 1 aliphatic rings. The van der Waals surface area contributed by atoms with E-state index < -0.39 is 21.8 Å². The van der Waals surface area contributed by atoms with Crippen molar-refractivity contribution in [2.75, 3.05) is 24.1 Å². The Morgan fingerprint density at radius 1 is 1.42 bits per heavy atom. The van der Waals surface area contributed by atoms with Gasteiger partial charge in [-0.1, -0.05) is 17.7 Å². The van der Waals surface area contributed by atoms with E-state index in [1.165, 1.54) is 16.4 Å². The van der Waals surface area contributed by atoms with Gasteiger partial charge in [0.05, 0.1) is 18.1 Å². The molecule has 1 aromatic carbocycles. The minimum atomic E-state index is -3.96. The molecular formula is C14H17ClFN3O4S. The summed E-state index contributed by atoms with van der Waals surface area (Å²) in [5.74, 6) is 0. The zero-order valence-electron chi connectivity index (χ0n) is 12.8. The van der Waals surface area contributed by atoms with Crippen LogP contribution >= 0.6 is 11.6 Å². The van der Waals surface area contributed by atoms with Crippen LogP contribution in [0.1, 0.15) is 18.4 Å². The Morgan fingerprint density at radius 2 is 2.12 bits per heavy atom. The number of halogens is 2. The van der Waals surface area contributed by atoms with Crippen molar-refractivity contribution >= 4 is 33.2 Å². The van der Waals surface area contributed by atoms with E-state index in [1.54, 1.807) is 0 Å². The highest BCUT2D eigenvalue weighted by atomic mass is 35.5. The van der Waals surface area contributed by atoms with E-state index in [2.05, 4.69) is 6.58 Å². The molecule has 2 rings (SSSR count). The standard InChI is InChI=1S/C14H17ClFN3O4S/c1-2-6-18-14-11(8-12(15)9-13(14)19(20)21)10-17(24(18,22)23)7-4-3-5-16/h2,8-9H,1,3-7,10H2. The smallest absolute Gasteiger partial charge is 0.258 e. The molecule has 0 spiro atoms. The highest BCUT2D eigenvalue weighted by molar-refractivity contribution is 7.90. The first-order valence-corrected chi connectivity index (χ1v) is 9.02. The van der Waals surface area contributed by atoms with Crippen LogP contribution in [0.3, 0.4) is 0 Å². The Hall–Kier alpha value is -1.71. The summed E-state index contributed by atoms with van der Waals surface area (Å²) in [5.41, 5.74) is 0.0727. The van der Waals surface area contributed by atoms with E-state index in [0.29, 0.717) is 12.0 Å². The van der Waals surface area contributed by atoms with E-state index in [4.69, 9.17) is 11.6 Å². The average molecular weight is 378 g/mol. The van der Waals surface area contributed by atoms with Crippen LogP contribution in [0.25, 0.3) is 0 Å². The fourth-order valence-corrected chi connectivity index (χ4v) is 4.50. The first kappa shape index (κ1) is 18.6. The molecule has 0 unspecified atom stereocenters. The van der Waals surface area contributed by atoms with E-state index >= 15 is 0 Å². The van der Waals surface area contributed by atoms with Crippen LogP contribution < -0.4 is 4.31 Å². The first-order chi connectivity index (χ1) is 11.3. The number of nitrogens with zero attached hydrogens (tertiary/aromatic N) is 3. The Balaban J connectivity index is 2.56. The van der Waals surface area contributed by atoms with Gasteiger partial charge in [0.1, 0.15) is 5.69 Å².